The smallest absolute Gasteiger partial charge is 0.225 e. The standard InChI is InChI=1S/C23H41FN4O2S2/c1-2-10-25-23(30)28-11-9-15(14-28)12-19(21(29)27-22-26-13-20(24)32-22)16-3-5-17(6-4-16)31-18-7-8-18/h15-20,22-23,25-26,30H,2-14H2,1H3,(H,27,29)/t15-,16?,17?,19-,20-,22+,23?/m1/s1. The predicted octanol–water partition coefficient (Wildman–Crippen LogP) is 3.08. The van der Waals surface area contributed by atoms with E-state index in [4.69, 9.17) is 0 Å². The Morgan fingerprint density at radius 2 is 1.94 bits per heavy atom. The maximum absolute atomic E-state index is 13.6. The maximum atomic E-state index is 13.6. The van der Waals surface area contributed by atoms with Gasteiger partial charge >= 0.3 is 0 Å². The van der Waals surface area contributed by atoms with Gasteiger partial charge in [0.25, 0.3) is 0 Å². The Balaban J connectivity index is 1.32. The van der Waals surface area contributed by atoms with E-state index in [1.807, 2.05) is 0 Å². The minimum Gasteiger partial charge on any atom is -0.365 e. The van der Waals surface area contributed by atoms with Crippen LogP contribution in [0.5, 0.6) is 0 Å². The van der Waals surface area contributed by atoms with Gasteiger partial charge < -0.3 is 10.4 Å². The van der Waals surface area contributed by atoms with Crippen LogP contribution in [0.25, 0.3) is 0 Å². The van der Waals surface area contributed by atoms with Crippen LogP contribution in [-0.2, 0) is 4.79 Å². The molecule has 2 aliphatic carbocycles. The Bertz CT molecular complexity index is 607. The summed E-state index contributed by atoms with van der Waals surface area (Å²) in [5.41, 5.74) is -1.27. The van der Waals surface area contributed by atoms with E-state index >= 15 is 0 Å². The number of likely N-dealkylation sites (tertiary alicyclic amines) is 1. The van der Waals surface area contributed by atoms with Crippen LogP contribution in [0.2, 0.25) is 0 Å². The Kier molecular flexibility index (Phi) is 9.45. The average molecular weight is 489 g/mol. The topological polar surface area (TPSA) is 76.6 Å². The number of alkyl halides is 1. The number of hydrogen-bond acceptors (Lipinski definition) is 7. The molecule has 0 radical (unpaired) electrons. The zero-order valence-corrected chi connectivity index (χ0v) is 20.9. The number of nitrogens with zero attached hydrogens (tertiary/aromatic N) is 1. The van der Waals surface area contributed by atoms with E-state index in [1.54, 1.807) is 0 Å². The molecule has 0 spiro atoms. The number of carbonyl (C=O) groups excluding carboxylic acids is 1. The first kappa shape index (κ1) is 25.0. The van der Waals surface area contributed by atoms with E-state index in [1.165, 1.54) is 25.7 Å². The number of halogens is 1. The Hall–Kier alpha value is -0.0600. The van der Waals surface area contributed by atoms with Gasteiger partial charge in [0, 0.05) is 36.1 Å². The summed E-state index contributed by atoms with van der Waals surface area (Å²) in [5.74, 6) is 0.899. The number of thioether (sulfide) groups is 2. The third-order valence-corrected chi connectivity index (χ3v) is 10.1. The lowest BCUT2D eigenvalue weighted by molar-refractivity contribution is -0.128. The second-order valence-corrected chi connectivity index (χ2v) is 12.9. The molecule has 2 saturated heterocycles. The number of hydrogen-bond donors (Lipinski definition) is 4. The summed E-state index contributed by atoms with van der Waals surface area (Å²) >= 11 is 3.34. The van der Waals surface area contributed by atoms with Gasteiger partial charge in [-0.15, -0.1) is 0 Å². The highest BCUT2D eigenvalue weighted by Crippen LogP contribution is 2.44. The first-order valence-corrected chi connectivity index (χ1v) is 14.5. The third-order valence-electron chi connectivity index (χ3n) is 7.38. The number of nitrogens with one attached hydrogen (secondary N) is 3. The van der Waals surface area contributed by atoms with Crippen LogP contribution in [0.4, 0.5) is 4.39 Å². The van der Waals surface area contributed by atoms with E-state index < -0.39 is 11.9 Å². The summed E-state index contributed by atoms with van der Waals surface area (Å²) in [6, 6.07) is 0. The lowest BCUT2D eigenvalue weighted by Gasteiger charge is -2.35. The second-order valence-electron chi connectivity index (χ2n) is 10.0. The monoisotopic (exact) mass is 488 g/mol. The molecular weight excluding hydrogens is 447 g/mol. The van der Waals surface area contributed by atoms with E-state index in [2.05, 4.69) is 39.5 Å². The summed E-state index contributed by atoms with van der Waals surface area (Å²) in [4.78, 5) is 15.4. The van der Waals surface area contributed by atoms with Crippen LogP contribution < -0.4 is 16.0 Å². The fraction of sp³-hybridized carbons (Fsp3) is 0.957. The minimum atomic E-state index is -0.950. The molecular formula is C23H41FN4O2S2. The molecule has 1 amide bonds. The van der Waals surface area contributed by atoms with Gasteiger partial charge in [0.1, 0.15) is 5.50 Å². The van der Waals surface area contributed by atoms with Crippen molar-refractivity contribution in [3.05, 3.63) is 0 Å². The van der Waals surface area contributed by atoms with Crippen molar-refractivity contribution in [3.8, 4) is 0 Å². The summed E-state index contributed by atoms with van der Waals surface area (Å²) in [6.07, 6.45) is 9.72. The molecule has 4 aliphatic rings. The van der Waals surface area contributed by atoms with Gasteiger partial charge in [-0.05, 0) is 76.2 Å². The number of rotatable bonds is 11. The van der Waals surface area contributed by atoms with Gasteiger partial charge in [0.05, 0.1) is 0 Å². The largest absolute Gasteiger partial charge is 0.365 e. The van der Waals surface area contributed by atoms with Crippen LogP contribution in [0, 0.1) is 17.8 Å². The van der Waals surface area contributed by atoms with E-state index in [0.29, 0.717) is 18.4 Å². The maximum Gasteiger partial charge on any atom is 0.225 e. The molecule has 32 heavy (non-hydrogen) atoms. The highest BCUT2D eigenvalue weighted by molar-refractivity contribution is 8.00. The highest BCUT2D eigenvalue weighted by atomic mass is 32.2. The first-order valence-electron chi connectivity index (χ1n) is 12.7. The molecule has 0 bridgehead atoms. The van der Waals surface area contributed by atoms with Crippen LogP contribution >= 0.6 is 23.5 Å². The molecule has 0 aromatic carbocycles. The number of carbonyl (C=O) groups is 1. The Morgan fingerprint density at radius 1 is 1.22 bits per heavy atom. The average Bonchev–Trinajstić information content (AvgIpc) is 3.31. The van der Waals surface area contributed by atoms with Crippen molar-refractivity contribution in [1.82, 2.24) is 20.9 Å². The van der Waals surface area contributed by atoms with Gasteiger partial charge in [-0.1, -0.05) is 18.7 Å². The molecule has 4 N–H and O–H groups in total. The highest BCUT2D eigenvalue weighted by Gasteiger charge is 2.39. The van der Waals surface area contributed by atoms with E-state index in [0.717, 1.165) is 74.0 Å². The van der Waals surface area contributed by atoms with Gasteiger partial charge in [-0.25, -0.2) is 4.39 Å². The summed E-state index contributed by atoms with van der Waals surface area (Å²) in [6.45, 7) is 4.89. The SMILES string of the molecule is CCCNC(O)N1CC[C@H](C[C@@H](C(=O)N[C@@H]2NC[C@H](F)S2)C2CCC(SC3CC3)CC2)C1. The first-order chi connectivity index (χ1) is 15.5. The molecule has 1 unspecified atom stereocenters. The molecule has 0 aromatic rings. The van der Waals surface area contributed by atoms with Gasteiger partial charge in [0.2, 0.25) is 5.91 Å². The summed E-state index contributed by atoms with van der Waals surface area (Å²) in [7, 11) is 0. The zero-order chi connectivity index (χ0) is 22.5. The molecule has 9 heteroatoms. The lowest BCUT2D eigenvalue weighted by atomic mass is 9.75. The van der Waals surface area contributed by atoms with Crippen LogP contribution in [-0.4, -0.2) is 69.9 Å². The van der Waals surface area contributed by atoms with Crippen molar-refractivity contribution < 1.29 is 14.3 Å². The fourth-order valence-electron chi connectivity index (χ4n) is 5.42. The van der Waals surface area contributed by atoms with E-state index in [-0.39, 0.29) is 17.3 Å². The van der Waals surface area contributed by atoms with Crippen molar-refractivity contribution in [2.45, 2.75) is 92.6 Å². The van der Waals surface area contributed by atoms with Crippen molar-refractivity contribution in [2.24, 2.45) is 17.8 Å². The quantitative estimate of drug-likeness (QED) is 0.333. The van der Waals surface area contributed by atoms with Crippen molar-refractivity contribution in [1.29, 1.82) is 0 Å². The van der Waals surface area contributed by atoms with Gasteiger partial charge in [-0.2, -0.15) is 11.8 Å². The van der Waals surface area contributed by atoms with Crippen LogP contribution in [0.15, 0.2) is 0 Å². The number of aliphatic hydroxyl groups is 1. The van der Waals surface area contributed by atoms with Gasteiger partial charge in [-0.3, -0.25) is 20.3 Å². The number of amides is 1. The molecule has 2 aliphatic heterocycles. The van der Waals surface area contributed by atoms with Crippen molar-refractivity contribution in [3.63, 3.8) is 0 Å². The normalized spacial score (nSPS) is 35.7. The van der Waals surface area contributed by atoms with Crippen molar-refractivity contribution >= 4 is 29.4 Å². The van der Waals surface area contributed by atoms with Crippen LogP contribution in [0.1, 0.15) is 64.7 Å². The summed E-state index contributed by atoms with van der Waals surface area (Å²) in [5, 5.41) is 21.4. The van der Waals surface area contributed by atoms with E-state index in [9.17, 15) is 14.3 Å². The predicted molar refractivity (Wildman–Crippen MR) is 131 cm³/mol. The number of aliphatic hydroxyl groups excluding tert-OH is 1. The Morgan fingerprint density at radius 3 is 2.56 bits per heavy atom. The molecule has 5 atom stereocenters. The molecule has 184 valence electrons. The summed E-state index contributed by atoms with van der Waals surface area (Å²) < 4.78 is 13.6. The second kappa shape index (κ2) is 12.1. The van der Waals surface area contributed by atoms with Crippen LogP contribution in [0.3, 0.4) is 0 Å². The zero-order valence-electron chi connectivity index (χ0n) is 19.3. The molecule has 0 aromatic heterocycles. The molecule has 6 nitrogen and oxygen atoms in total. The fourth-order valence-corrected chi connectivity index (χ4v) is 7.78. The lowest BCUT2D eigenvalue weighted by Crippen LogP contribution is -2.46. The van der Waals surface area contributed by atoms with Crippen molar-refractivity contribution in [2.75, 3.05) is 26.2 Å². The molecule has 4 rings (SSSR count). The minimum absolute atomic E-state index is 0.0198. The Labute approximate surface area is 201 Å². The van der Waals surface area contributed by atoms with Gasteiger partial charge in [0.15, 0.2) is 11.9 Å². The molecule has 4 fully saturated rings. The molecule has 2 heterocycles. The third kappa shape index (κ3) is 7.22. The molecule has 2 saturated carbocycles.